The lowest BCUT2D eigenvalue weighted by Gasteiger charge is -2.20. The van der Waals surface area contributed by atoms with Gasteiger partial charge >= 0.3 is 0 Å². The molecule has 1 aromatic heterocycles. The molecule has 0 aliphatic rings. The number of aryl methyl sites for hydroxylation is 1. The molecule has 0 aliphatic heterocycles. The highest BCUT2D eigenvalue weighted by Crippen LogP contribution is 2.28. The van der Waals surface area contributed by atoms with Gasteiger partial charge in [-0.15, -0.1) is 0 Å². The highest BCUT2D eigenvalue weighted by molar-refractivity contribution is 7.92. The van der Waals surface area contributed by atoms with Gasteiger partial charge in [0.1, 0.15) is 6.07 Å². The monoisotopic (exact) mass is 310 g/mol. The number of hydrogen-bond donors (Lipinski definition) is 0. The fourth-order valence-corrected chi connectivity index (χ4v) is 3.61. The van der Waals surface area contributed by atoms with Gasteiger partial charge in [0, 0.05) is 14.1 Å². The van der Waals surface area contributed by atoms with Crippen LogP contribution in [-0.2, 0) is 17.1 Å². The van der Waals surface area contributed by atoms with Crippen LogP contribution in [0.5, 0.6) is 0 Å². The minimum Gasteiger partial charge on any atom is -0.267 e. The molecule has 6 nitrogen and oxygen atoms in total. The van der Waals surface area contributed by atoms with Crippen molar-refractivity contribution in [2.24, 2.45) is 7.05 Å². The molecule has 0 amide bonds. The molecule has 0 radical (unpaired) electrons. The number of rotatable bonds is 3. The van der Waals surface area contributed by atoms with Gasteiger partial charge in [-0.2, -0.15) is 18.8 Å². The molecule has 2 rings (SSSR count). The summed E-state index contributed by atoms with van der Waals surface area (Å²) in [6.07, 6.45) is 1.26. The SMILES string of the molecule is CN(c1ccccc1C#N)S(=O)(=O)c1c(Cl)cnn1C. The van der Waals surface area contributed by atoms with Crippen LogP contribution in [0.1, 0.15) is 5.56 Å². The van der Waals surface area contributed by atoms with E-state index >= 15 is 0 Å². The number of halogens is 1. The maximum absolute atomic E-state index is 12.6. The van der Waals surface area contributed by atoms with Gasteiger partial charge in [-0.05, 0) is 12.1 Å². The van der Waals surface area contributed by atoms with E-state index in [0.717, 1.165) is 4.31 Å². The van der Waals surface area contributed by atoms with Crippen molar-refractivity contribution in [3.8, 4) is 6.07 Å². The third-order valence-corrected chi connectivity index (χ3v) is 5.09. The summed E-state index contributed by atoms with van der Waals surface area (Å²) >= 11 is 5.88. The molecule has 0 aliphatic carbocycles. The van der Waals surface area contributed by atoms with E-state index in [0.29, 0.717) is 0 Å². The second kappa shape index (κ2) is 5.15. The molecule has 8 heteroatoms. The lowest BCUT2D eigenvalue weighted by atomic mass is 10.2. The average Bonchev–Trinajstić information content (AvgIpc) is 2.77. The maximum atomic E-state index is 12.6. The second-order valence-corrected chi connectivity index (χ2v) is 6.31. The molecule has 0 N–H and O–H groups in total. The molecule has 1 heterocycles. The van der Waals surface area contributed by atoms with E-state index in [1.165, 1.54) is 25.0 Å². The van der Waals surface area contributed by atoms with Gasteiger partial charge in [-0.25, -0.2) is 0 Å². The number of para-hydroxylation sites is 1. The molecule has 0 spiro atoms. The Kier molecular flexibility index (Phi) is 3.70. The summed E-state index contributed by atoms with van der Waals surface area (Å²) in [5.74, 6) is 0. The Morgan fingerprint density at radius 1 is 1.40 bits per heavy atom. The van der Waals surface area contributed by atoms with E-state index in [-0.39, 0.29) is 21.3 Å². The summed E-state index contributed by atoms with van der Waals surface area (Å²) in [4.78, 5) is 0. The molecule has 0 fully saturated rings. The van der Waals surface area contributed by atoms with Crippen molar-refractivity contribution < 1.29 is 8.42 Å². The van der Waals surface area contributed by atoms with Gasteiger partial charge in [-0.3, -0.25) is 8.99 Å². The summed E-state index contributed by atoms with van der Waals surface area (Å²) < 4.78 is 27.4. The molecular weight excluding hydrogens is 300 g/mol. The standard InChI is InChI=1S/C12H11ClN4O2S/c1-16-12(10(13)8-15-16)20(18,19)17(2)11-6-4-3-5-9(11)7-14/h3-6,8H,1-2H3. The molecule has 0 saturated heterocycles. The topological polar surface area (TPSA) is 79.0 Å². The second-order valence-electron chi connectivity index (χ2n) is 4.02. The summed E-state index contributed by atoms with van der Waals surface area (Å²) in [7, 11) is -1.03. The van der Waals surface area contributed by atoms with Crippen molar-refractivity contribution in [2.75, 3.05) is 11.4 Å². The Morgan fingerprint density at radius 3 is 2.60 bits per heavy atom. The zero-order valence-corrected chi connectivity index (χ0v) is 12.4. The minimum absolute atomic E-state index is 0.0359. The quantitative estimate of drug-likeness (QED) is 0.865. The van der Waals surface area contributed by atoms with Crippen molar-refractivity contribution in [1.82, 2.24) is 9.78 Å². The zero-order chi connectivity index (χ0) is 14.9. The van der Waals surface area contributed by atoms with Crippen LogP contribution in [0.15, 0.2) is 35.5 Å². The van der Waals surface area contributed by atoms with Crippen LogP contribution in [0.4, 0.5) is 5.69 Å². The van der Waals surface area contributed by atoms with Gasteiger partial charge in [0.25, 0.3) is 10.0 Å². The van der Waals surface area contributed by atoms with Gasteiger partial charge in [-0.1, -0.05) is 23.7 Å². The molecule has 104 valence electrons. The Morgan fingerprint density at radius 2 is 2.05 bits per heavy atom. The van der Waals surface area contributed by atoms with Crippen LogP contribution >= 0.6 is 11.6 Å². The number of sulfonamides is 1. The third-order valence-electron chi connectivity index (χ3n) is 2.81. The van der Waals surface area contributed by atoms with E-state index < -0.39 is 10.0 Å². The highest BCUT2D eigenvalue weighted by atomic mass is 35.5. The predicted octanol–water partition coefficient (Wildman–Crippen LogP) is 1.77. The lowest BCUT2D eigenvalue weighted by molar-refractivity contribution is 0.575. The fourth-order valence-electron chi connectivity index (χ4n) is 1.79. The van der Waals surface area contributed by atoms with Crippen LogP contribution in [0.25, 0.3) is 0 Å². The number of aromatic nitrogens is 2. The smallest absolute Gasteiger partial charge is 0.267 e. The molecule has 20 heavy (non-hydrogen) atoms. The van der Waals surface area contributed by atoms with Crippen molar-refractivity contribution in [1.29, 1.82) is 5.26 Å². The van der Waals surface area contributed by atoms with Gasteiger partial charge in [0.05, 0.1) is 22.5 Å². The lowest BCUT2D eigenvalue weighted by Crippen LogP contribution is -2.29. The number of nitriles is 1. The Labute approximate surface area is 121 Å². The number of nitrogens with zero attached hydrogens (tertiary/aromatic N) is 4. The minimum atomic E-state index is -3.89. The van der Waals surface area contributed by atoms with Gasteiger partial charge < -0.3 is 0 Å². The van der Waals surface area contributed by atoms with Crippen LogP contribution in [0, 0.1) is 11.3 Å². The first-order chi connectivity index (χ1) is 9.39. The van der Waals surface area contributed by atoms with E-state index in [4.69, 9.17) is 16.9 Å². The first-order valence-electron chi connectivity index (χ1n) is 5.55. The predicted molar refractivity (Wildman–Crippen MR) is 75.0 cm³/mol. The highest BCUT2D eigenvalue weighted by Gasteiger charge is 2.29. The third kappa shape index (κ3) is 2.24. The largest absolute Gasteiger partial charge is 0.282 e. The zero-order valence-electron chi connectivity index (χ0n) is 10.8. The number of hydrogen-bond acceptors (Lipinski definition) is 4. The molecule has 0 atom stereocenters. The van der Waals surface area contributed by atoms with Gasteiger partial charge in [0.2, 0.25) is 0 Å². The summed E-state index contributed by atoms with van der Waals surface area (Å²) in [5, 5.41) is 12.8. The van der Waals surface area contributed by atoms with Crippen LogP contribution < -0.4 is 4.31 Å². The van der Waals surface area contributed by atoms with E-state index in [1.807, 2.05) is 6.07 Å². The molecule has 0 saturated carbocycles. The number of benzene rings is 1. The summed E-state index contributed by atoms with van der Waals surface area (Å²) in [6, 6.07) is 8.39. The van der Waals surface area contributed by atoms with Crippen LogP contribution in [0.2, 0.25) is 5.02 Å². The molecule has 0 bridgehead atoms. The summed E-state index contributed by atoms with van der Waals surface area (Å²) in [5.41, 5.74) is 0.545. The first kappa shape index (κ1) is 14.4. The van der Waals surface area contributed by atoms with Crippen LogP contribution in [-0.4, -0.2) is 25.2 Å². The fraction of sp³-hybridized carbons (Fsp3) is 0.167. The van der Waals surface area contributed by atoms with E-state index in [2.05, 4.69) is 5.10 Å². The summed E-state index contributed by atoms with van der Waals surface area (Å²) in [6.45, 7) is 0. The van der Waals surface area contributed by atoms with Crippen LogP contribution in [0.3, 0.4) is 0 Å². The average molecular weight is 311 g/mol. The molecule has 0 unspecified atom stereocenters. The van der Waals surface area contributed by atoms with Crippen molar-refractivity contribution in [3.05, 3.63) is 41.0 Å². The molecular formula is C12H11ClN4O2S. The van der Waals surface area contributed by atoms with Crippen molar-refractivity contribution >= 4 is 27.3 Å². The Bertz CT molecular complexity index is 773. The van der Waals surface area contributed by atoms with E-state index in [1.54, 1.807) is 24.3 Å². The molecule has 1 aromatic carbocycles. The van der Waals surface area contributed by atoms with Gasteiger partial charge in [0.15, 0.2) is 5.03 Å². The molecule has 2 aromatic rings. The van der Waals surface area contributed by atoms with E-state index in [9.17, 15) is 8.42 Å². The number of anilines is 1. The Hall–Kier alpha value is -2.04. The normalized spacial score (nSPS) is 11.1. The van der Waals surface area contributed by atoms with Crippen molar-refractivity contribution in [3.63, 3.8) is 0 Å². The maximum Gasteiger partial charge on any atom is 0.282 e. The first-order valence-corrected chi connectivity index (χ1v) is 7.37. The van der Waals surface area contributed by atoms with Crippen molar-refractivity contribution in [2.45, 2.75) is 5.03 Å². The Balaban J connectivity index is 2.59.